The van der Waals surface area contributed by atoms with Crippen LogP contribution in [0.15, 0.2) is 18.3 Å². The first-order valence-electron chi connectivity index (χ1n) is 4.16. The van der Waals surface area contributed by atoms with Crippen molar-refractivity contribution in [3.8, 4) is 0 Å². The number of hydrogen-bond acceptors (Lipinski definition) is 2. The monoisotopic (exact) mass is 185 g/mol. The fourth-order valence-electron chi connectivity index (χ4n) is 0.667. The van der Waals surface area contributed by atoms with E-state index in [4.69, 9.17) is 9.84 Å². The maximum atomic E-state index is 10.0. The van der Waals surface area contributed by atoms with Gasteiger partial charge in [-0.2, -0.15) is 0 Å². The Hall–Kier alpha value is -1.29. The Morgan fingerprint density at radius 1 is 1.54 bits per heavy atom. The summed E-state index contributed by atoms with van der Waals surface area (Å²) in [6.45, 7) is 5.67. The summed E-state index contributed by atoms with van der Waals surface area (Å²) in [5, 5.41) is 8.24. The van der Waals surface area contributed by atoms with Crippen LogP contribution >= 0.6 is 0 Å². The Morgan fingerprint density at radius 2 is 2.15 bits per heavy atom. The highest BCUT2D eigenvalue weighted by atomic mass is 16.5. The fraction of sp³-hybridized carbons (Fsp3) is 0.444. The van der Waals surface area contributed by atoms with Gasteiger partial charge in [-0.3, -0.25) is 0 Å². The maximum absolute atomic E-state index is 10.0. The molecule has 74 valence electrons. The molecule has 4 nitrogen and oxygen atoms in total. The van der Waals surface area contributed by atoms with Gasteiger partial charge in [0.05, 0.1) is 0 Å². The quantitative estimate of drug-likeness (QED) is 0.754. The first-order chi connectivity index (χ1) is 6.22. The predicted octanol–water partition coefficient (Wildman–Crippen LogP) is 1.76. The molecule has 0 radical (unpaired) electrons. The van der Waals surface area contributed by atoms with E-state index in [0.717, 1.165) is 13.2 Å². The number of rotatable bonds is 3. The molecule has 2 N–H and O–H groups in total. The van der Waals surface area contributed by atoms with Crippen LogP contribution in [-0.2, 0) is 4.74 Å². The van der Waals surface area contributed by atoms with E-state index in [1.165, 1.54) is 6.07 Å². The second-order valence-corrected chi connectivity index (χ2v) is 2.17. The molecule has 0 aromatic carbocycles. The van der Waals surface area contributed by atoms with Crippen molar-refractivity contribution < 1.29 is 14.6 Å². The largest absolute Gasteiger partial charge is 0.477 e. The molecule has 0 unspecified atom stereocenters. The van der Waals surface area contributed by atoms with Crippen LogP contribution in [0, 0.1) is 0 Å². The van der Waals surface area contributed by atoms with Crippen LogP contribution in [0.5, 0.6) is 0 Å². The third kappa shape index (κ3) is 5.93. The molecule has 0 amide bonds. The normalized spacial score (nSPS) is 8.77. The van der Waals surface area contributed by atoms with E-state index in [9.17, 15) is 4.79 Å². The number of aromatic carboxylic acids is 1. The maximum Gasteiger partial charge on any atom is 0.352 e. The van der Waals surface area contributed by atoms with Crippen molar-refractivity contribution in [1.82, 2.24) is 4.98 Å². The fourth-order valence-corrected chi connectivity index (χ4v) is 0.667. The van der Waals surface area contributed by atoms with Crippen LogP contribution in [-0.4, -0.2) is 29.3 Å². The van der Waals surface area contributed by atoms with Crippen molar-refractivity contribution in [2.75, 3.05) is 13.2 Å². The van der Waals surface area contributed by atoms with E-state index < -0.39 is 5.97 Å². The van der Waals surface area contributed by atoms with Crippen molar-refractivity contribution in [2.24, 2.45) is 0 Å². The summed E-state index contributed by atoms with van der Waals surface area (Å²) in [6.07, 6.45) is 1.57. The Balaban J connectivity index is 0.000000252. The van der Waals surface area contributed by atoms with Crippen molar-refractivity contribution in [1.29, 1.82) is 0 Å². The zero-order valence-corrected chi connectivity index (χ0v) is 7.91. The summed E-state index contributed by atoms with van der Waals surface area (Å²) in [5.41, 5.74) is 0.227. The molecular formula is C9H15NO3. The minimum atomic E-state index is -0.921. The first-order valence-corrected chi connectivity index (χ1v) is 4.16. The van der Waals surface area contributed by atoms with Gasteiger partial charge in [0, 0.05) is 19.4 Å². The van der Waals surface area contributed by atoms with Crippen LogP contribution in [0.3, 0.4) is 0 Å². The Morgan fingerprint density at radius 3 is 2.31 bits per heavy atom. The summed E-state index contributed by atoms with van der Waals surface area (Å²) in [5.74, 6) is -0.921. The number of aromatic nitrogens is 1. The molecule has 1 aromatic rings. The Kier molecular flexibility index (Phi) is 6.63. The first kappa shape index (κ1) is 11.7. The number of H-pyrrole nitrogens is 1. The van der Waals surface area contributed by atoms with Crippen molar-refractivity contribution in [3.63, 3.8) is 0 Å². The third-order valence-electron chi connectivity index (χ3n) is 1.24. The molecule has 13 heavy (non-hydrogen) atoms. The second-order valence-electron chi connectivity index (χ2n) is 2.17. The van der Waals surface area contributed by atoms with Crippen LogP contribution in [0.2, 0.25) is 0 Å². The van der Waals surface area contributed by atoms with Gasteiger partial charge in [0.25, 0.3) is 0 Å². The number of aromatic amines is 1. The molecular weight excluding hydrogens is 170 g/mol. The number of ether oxygens (including phenoxy) is 1. The number of nitrogens with one attached hydrogen (secondary N) is 1. The number of carboxylic acid groups (broad SMARTS) is 1. The molecule has 0 saturated carbocycles. The Labute approximate surface area is 77.5 Å². The molecule has 0 saturated heterocycles. The van der Waals surface area contributed by atoms with Gasteiger partial charge in [0.1, 0.15) is 5.69 Å². The highest BCUT2D eigenvalue weighted by Crippen LogP contribution is 1.91. The second kappa shape index (κ2) is 7.36. The van der Waals surface area contributed by atoms with Crippen molar-refractivity contribution in [3.05, 3.63) is 24.0 Å². The molecule has 0 spiro atoms. The number of carboxylic acids is 1. The minimum Gasteiger partial charge on any atom is -0.477 e. The predicted molar refractivity (Wildman–Crippen MR) is 49.9 cm³/mol. The lowest BCUT2D eigenvalue weighted by Crippen LogP contribution is -1.94. The number of carbonyl (C=O) groups is 1. The van der Waals surface area contributed by atoms with Crippen LogP contribution in [0.4, 0.5) is 0 Å². The van der Waals surface area contributed by atoms with E-state index in [1.54, 1.807) is 12.3 Å². The standard InChI is InChI=1S/C5H5NO2.C4H10O/c7-5(8)4-2-1-3-6-4;1-3-5-4-2/h1-3,6H,(H,7,8);3-4H2,1-2H3. The van der Waals surface area contributed by atoms with E-state index >= 15 is 0 Å². The zero-order chi connectivity index (χ0) is 10.1. The van der Waals surface area contributed by atoms with Crippen molar-refractivity contribution >= 4 is 5.97 Å². The topological polar surface area (TPSA) is 62.3 Å². The molecule has 1 aromatic heterocycles. The lowest BCUT2D eigenvalue weighted by molar-refractivity contribution is 0.0691. The van der Waals surface area contributed by atoms with Gasteiger partial charge in [0.15, 0.2) is 0 Å². The van der Waals surface area contributed by atoms with Gasteiger partial charge in [-0.05, 0) is 26.0 Å². The highest BCUT2D eigenvalue weighted by molar-refractivity contribution is 5.85. The summed E-state index contributed by atoms with van der Waals surface area (Å²) in [4.78, 5) is 12.6. The summed E-state index contributed by atoms with van der Waals surface area (Å²) >= 11 is 0. The average Bonchev–Trinajstić information content (AvgIpc) is 2.58. The molecule has 0 fully saturated rings. The molecule has 0 aliphatic heterocycles. The highest BCUT2D eigenvalue weighted by Gasteiger charge is 1.98. The molecule has 1 heterocycles. The summed E-state index contributed by atoms with van der Waals surface area (Å²) in [6, 6.07) is 3.14. The van der Waals surface area contributed by atoms with E-state index in [-0.39, 0.29) is 5.69 Å². The smallest absolute Gasteiger partial charge is 0.352 e. The van der Waals surface area contributed by atoms with Crippen molar-refractivity contribution in [2.45, 2.75) is 13.8 Å². The summed E-state index contributed by atoms with van der Waals surface area (Å²) in [7, 11) is 0. The van der Waals surface area contributed by atoms with Crippen LogP contribution in [0.25, 0.3) is 0 Å². The molecule has 1 rings (SSSR count). The lowest BCUT2D eigenvalue weighted by Gasteiger charge is -1.86. The molecule has 0 aliphatic rings. The molecule has 0 atom stereocenters. The summed E-state index contributed by atoms with van der Waals surface area (Å²) < 4.78 is 4.83. The van der Waals surface area contributed by atoms with Crippen LogP contribution in [0.1, 0.15) is 24.3 Å². The van der Waals surface area contributed by atoms with Gasteiger partial charge in [-0.15, -0.1) is 0 Å². The van der Waals surface area contributed by atoms with E-state index in [0.29, 0.717) is 0 Å². The average molecular weight is 185 g/mol. The van der Waals surface area contributed by atoms with Gasteiger partial charge < -0.3 is 14.8 Å². The molecule has 0 bridgehead atoms. The van der Waals surface area contributed by atoms with E-state index in [2.05, 4.69) is 4.98 Å². The number of hydrogen-bond donors (Lipinski definition) is 2. The SMILES string of the molecule is CCOCC.O=C(O)c1ccc[nH]1. The van der Waals surface area contributed by atoms with Gasteiger partial charge in [-0.25, -0.2) is 4.79 Å². The molecule has 4 heteroatoms. The minimum absolute atomic E-state index is 0.227. The van der Waals surface area contributed by atoms with Gasteiger partial charge >= 0.3 is 5.97 Å². The Bertz CT molecular complexity index is 217. The van der Waals surface area contributed by atoms with Gasteiger partial charge in [-0.1, -0.05) is 0 Å². The zero-order valence-electron chi connectivity index (χ0n) is 7.91. The molecule has 0 aliphatic carbocycles. The van der Waals surface area contributed by atoms with Gasteiger partial charge in [0.2, 0.25) is 0 Å². The lowest BCUT2D eigenvalue weighted by atomic mass is 10.4. The van der Waals surface area contributed by atoms with Crippen LogP contribution < -0.4 is 0 Å². The van der Waals surface area contributed by atoms with E-state index in [1.807, 2.05) is 13.8 Å². The third-order valence-corrected chi connectivity index (χ3v) is 1.24.